The summed E-state index contributed by atoms with van der Waals surface area (Å²) in [5.74, 6) is -0.852. The molecule has 20 heavy (non-hydrogen) atoms. The minimum atomic E-state index is -0.593. The van der Waals surface area contributed by atoms with E-state index in [0.717, 1.165) is 12.0 Å². The molecule has 1 amide bonds. The number of amides is 1. The topological polar surface area (TPSA) is 42.0 Å². The molecule has 0 aliphatic rings. The van der Waals surface area contributed by atoms with Crippen LogP contribution in [0.25, 0.3) is 0 Å². The maximum Gasteiger partial charge on any atom is 0.253 e. The van der Waals surface area contributed by atoms with Crippen molar-refractivity contribution >= 4 is 5.91 Å². The van der Waals surface area contributed by atoms with Crippen LogP contribution in [0.2, 0.25) is 0 Å². The van der Waals surface area contributed by atoms with Gasteiger partial charge in [0.25, 0.3) is 5.91 Å². The van der Waals surface area contributed by atoms with Crippen LogP contribution >= 0.6 is 0 Å². The first-order valence-electron chi connectivity index (χ1n) is 6.61. The van der Waals surface area contributed by atoms with Gasteiger partial charge in [-0.3, -0.25) is 4.79 Å². The van der Waals surface area contributed by atoms with Crippen LogP contribution in [0, 0.1) is 5.95 Å². The summed E-state index contributed by atoms with van der Waals surface area (Å²) in [4.78, 5) is 15.5. The third kappa shape index (κ3) is 3.41. The predicted octanol–water partition coefficient (Wildman–Crippen LogP) is 3.27. The molecular formula is C16H17FN2O. The van der Waals surface area contributed by atoms with E-state index in [1.807, 2.05) is 19.1 Å². The lowest BCUT2D eigenvalue weighted by atomic mass is 10.0. The Hall–Kier alpha value is -2.23. The van der Waals surface area contributed by atoms with E-state index in [0.29, 0.717) is 5.56 Å². The zero-order chi connectivity index (χ0) is 14.5. The van der Waals surface area contributed by atoms with E-state index in [-0.39, 0.29) is 11.9 Å². The number of nitrogens with zero attached hydrogens (tertiary/aromatic N) is 1. The molecular weight excluding hydrogens is 255 g/mol. The van der Waals surface area contributed by atoms with Gasteiger partial charge < -0.3 is 5.32 Å². The third-order valence-corrected chi connectivity index (χ3v) is 3.23. The Labute approximate surface area is 117 Å². The Morgan fingerprint density at radius 2 is 1.95 bits per heavy atom. The van der Waals surface area contributed by atoms with Crippen LogP contribution in [0.5, 0.6) is 0 Å². The summed E-state index contributed by atoms with van der Waals surface area (Å²) in [6, 6.07) is 10.6. The monoisotopic (exact) mass is 272 g/mol. The number of aromatic nitrogens is 1. The zero-order valence-electron chi connectivity index (χ0n) is 11.6. The van der Waals surface area contributed by atoms with Crippen LogP contribution in [0.4, 0.5) is 4.39 Å². The second-order valence-electron chi connectivity index (χ2n) is 4.66. The molecule has 1 N–H and O–H groups in total. The molecule has 0 fully saturated rings. The van der Waals surface area contributed by atoms with Gasteiger partial charge in [-0.05, 0) is 36.6 Å². The fourth-order valence-corrected chi connectivity index (χ4v) is 1.92. The normalized spacial score (nSPS) is 11.9. The zero-order valence-corrected chi connectivity index (χ0v) is 11.6. The number of nitrogens with one attached hydrogen (secondary N) is 1. The number of pyridine rings is 1. The smallest absolute Gasteiger partial charge is 0.253 e. The Kier molecular flexibility index (Phi) is 4.45. The quantitative estimate of drug-likeness (QED) is 0.868. The van der Waals surface area contributed by atoms with Crippen LogP contribution in [0.3, 0.4) is 0 Å². The maximum absolute atomic E-state index is 12.7. The highest BCUT2D eigenvalue weighted by atomic mass is 19.1. The van der Waals surface area contributed by atoms with Crippen molar-refractivity contribution in [3.05, 3.63) is 65.2 Å². The Morgan fingerprint density at radius 1 is 1.25 bits per heavy atom. The van der Waals surface area contributed by atoms with E-state index in [4.69, 9.17) is 0 Å². The van der Waals surface area contributed by atoms with Gasteiger partial charge in [0.1, 0.15) is 0 Å². The number of carbonyl (C=O) groups is 1. The summed E-state index contributed by atoms with van der Waals surface area (Å²) in [6.07, 6.45) is 2.22. The molecule has 0 saturated heterocycles. The number of hydrogen-bond acceptors (Lipinski definition) is 2. The number of aryl methyl sites for hydroxylation is 1. The van der Waals surface area contributed by atoms with Crippen LogP contribution in [0.1, 0.15) is 41.4 Å². The standard InChI is InChI=1S/C16H17FN2O/c1-3-12-4-6-13(7-5-12)11(2)19-16(20)14-8-9-15(17)18-10-14/h4-11H,3H2,1-2H3,(H,19,20). The van der Waals surface area contributed by atoms with E-state index in [2.05, 4.69) is 29.4 Å². The highest BCUT2D eigenvalue weighted by Gasteiger charge is 2.11. The first kappa shape index (κ1) is 14.2. The first-order chi connectivity index (χ1) is 9.60. The van der Waals surface area contributed by atoms with E-state index < -0.39 is 5.95 Å². The van der Waals surface area contributed by atoms with Gasteiger partial charge in [-0.2, -0.15) is 4.39 Å². The van der Waals surface area contributed by atoms with Gasteiger partial charge in [0.15, 0.2) is 0 Å². The van der Waals surface area contributed by atoms with Crippen LogP contribution in [-0.2, 0) is 6.42 Å². The molecule has 0 aliphatic heterocycles. The number of hydrogen-bond donors (Lipinski definition) is 1. The van der Waals surface area contributed by atoms with Gasteiger partial charge in [-0.15, -0.1) is 0 Å². The van der Waals surface area contributed by atoms with Crippen LogP contribution < -0.4 is 5.32 Å². The van der Waals surface area contributed by atoms with Crippen molar-refractivity contribution in [3.63, 3.8) is 0 Å². The minimum Gasteiger partial charge on any atom is -0.345 e. The van der Waals surface area contributed by atoms with Crippen LogP contribution in [0.15, 0.2) is 42.6 Å². The third-order valence-electron chi connectivity index (χ3n) is 3.23. The van der Waals surface area contributed by atoms with E-state index in [9.17, 15) is 9.18 Å². The van der Waals surface area contributed by atoms with Crippen molar-refractivity contribution < 1.29 is 9.18 Å². The van der Waals surface area contributed by atoms with Gasteiger partial charge in [0.2, 0.25) is 5.95 Å². The van der Waals surface area contributed by atoms with Crippen molar-refractivity contribution in [1.29, 1.82) is 0 Å². The van der Waals surface area contributed by atoms with Crippen molar-refractivity contribution in [3.8, 4) is 0 Å². The van der Waals surface area contributed by atoms with Gasteiger partial charge >= 0.3 is 0 Å². The second-order valence-corrected chi connectivity index (χ2v) is 4.66. The number of benzene rings is 1. The van der Waals surface area contributed by atoms with Crippen molar-refractivity contribution in [2.75, 3.05) is 0 Å². The molecule has 1 atom stereocenters. The summed E-state index contributed by atoms with van der Waals surface area (Å²) >= 11 is 0. The molecule has 0 saturated carbocycles. The Bertz CT molecular complexity index is 578. The lowest BCUT2D eigenvalue weighted by Crippen LogP contribution is -2.26. The highest BCUT2D eigenvalue weighted by molar-refractivity contribution is 5.94. The number of rotatable bonds is 4. The molecule has 0 bridgehead atoms. The fourth-order valence-electron chi connectivity index (χ4n) is 1.92. The molecule has 3 nitrogen and oxygen atoms in total. The molecule has 1 aromatic heterocycles. The lowest BCUT2D eigenvalue weighted by molar-refractivity contribution is 0.0939. The van der Waals surface area contributed by atoms with E-state index in [1.165, 1.54) is 23.9 Å². The summed E-state index contributed by atoms with van der Waals surface area (Å²) in [5.41, 5.74) is 2.64. The SMILES string of the molecule is CCc1ccc(C(C)NC(=O)c2ccc(F)nc2)cc1. The van der Waals surface area contributed by atoms with Crippen molar-refractivity contribution in [1.82, 2.24) is 10.3 Å². The Balaban J connectivity index is 2.04. The van der Waals surface area contributed by atoms with Gasteiger partial charge in [0, 0.05) is 6.20 Å². The second kappa shape index (κ2) is 6.28. The molecule has 0 aliphatic carbocycles. The van der Waals surface area contributed by atoms with Crippen LogP contribution in [-0.4, -0.2) is 10.9 Å². The Morgan fingerprint density at radius 3 is 2.50 bits per heavy atom. The maximum atomic E-state index is 12.7. The summed E-state index contributed by atoms with van der Waals surface area (Å²) in [6.45, 7) is 4.01. The van der Waals surface area contributed by atoms with Crippen molar-refractivity contribution in [2.24, 2.45) is 0 Å². The van der Waals surface area contributed by atoms with Gasteiger partial charge in [-0.1, -0.05) is 31.2 Å². The molecule has 0 radical (unpaired) electrons. The molecule has 104 valence electrons. The minimum absolute atomic E-state index is 0.113. The van der Waals surface area contributed by atoms with E-state index >= 15 is 0 Å². The largest absolute Gasteiger partial charge is 0.345 e. The average molecular weight is 272 g/mol. The molecule has 2 rings (SSSR count). The number of halogens is 1. The lowest BCUT2D eigenvalue weighted by Gasteiger charge is -2.14. The van der Waals surface area contributed by atoms with Gasteiger partial charge in [0.05, 0.1) is 11.6 Å². The average Bonchev–Trinajstić information content (AvgIpc) is 2.48. The molecule has 0 spiro atoms. The summed E-state index contributed by atoms with van der Waals surface area (Å²) < 4.78 is 12.7. The molecule has 1 heterocycles. The first-order valence-corrected chi connectivity index (χ1v) is 6.61. The molecule has 1 unspecified atom stereocenters. The molecule has 2 aromatic rings. The number of carbonyl (C=O) groups excluding carboxylic acids is 1. The molecule has 4 heteroatoms. The molecule has 1 aromatic carbocycles. The van der Waals surface area contributed by atoms with Crippen molar-refractivity contribution in [2.45, 2.75) is 26.3 Å². The summed E-state index contributed by atoms with van der Waals surface area (Å²) in [7, 11) is 0. The predicted molar refractivity (Wildman–Crippen MR) is 75.9 cm³/mol. The van der Waals surface area contributed by atoms with E-state index in [1.54, 1.807) is 0 Å². The summed E-state index contributed by atoms with van der Waals surface area (Å²) in [5, 5.41) is 2.87. The highest BCUT2D eigenvalue weighted by Crippen LogP contribution is 2.14. The fraction of sp³-hybridized carbons (Fsp3) is 0.250. The van der Waals surface area contributed by atoms with Gasteiger partial charge in [-0.25, -0.2) is 4.98 Å².